The number of hydrogen-bond acceptors (Lipinski definition) is 2. The minimum atomic E-state index is 0.371. The first kappa shape index (κ1) is 13.4. The van der Waals surface area contributed by atoms with Crippen LogP contribution in [-0.2, 0) is 4.79 Å². The van der Waals surface area contributed by atoms with Crippen molar-refractivity contribution in [3.05, 3.63) is 0 Å². The minimum absolute atomic E-state index is 0.371. The Labute approximate surface area is 117 Å². The standard InChI is InChI=1S/C16H28N2O/c1-3-5-17-15-4-6-18(10-11(15)2)16(19)14-8-12-7-13(12)9-14/h11-15,17H,3-10H2,1-2H3. The molecule has 4 atom stereocenters. The molecule has 1 aliphatic heterocycles. The van der Waals surface area contributed by atoms with Crippen LogP contribution >= 0.6 is 0 Å². The molecule has 3 fully saturated rings. The lowest BCUT2D eigenvalue weighted by molar-refractivity contribution is -0.137. The Morgan fingerprint density at radius 1 is 1.26 bits per heavy atom. The van der Waals surface area contributed by atoms with Crippen molar-refractivity contribution in [2.24, 2.45) is 23.7 Å². The van der Waals surface area contributed by atoms with Crippen LogP contribution in [0.4, 0.5) is 0 Å². The average molecular weight is 264 g/mol. The zero-order valence-corrected chi connectivity index (χ0v) is 12.4. The van der Waals surface area contributed by atoms with E-state index in [9.17, 15) is 4.79 Å². The molecule has 0 aromatic rings. The Kier molecular flexibility index (Phi) is 3.84. The van der Waals surface area contributed by atoms with Crippen molar-refractivity contribution in [3.8, 4) is 0 Å². The molecule has 2 aliphatic carbocycles. The van der Waals surface area contributed by atoms with E-state index in [0.29, 0.717) is 23.8 Å². The first-order chi connectivity index (χ1) is 9.19. The largest absolute Gasteiger partial charge is 0.342 e. The van der Waals surface area contributed by atoms with Gasteiger partial charge in [0.2, 0.25) is 5.91 Å². The lowest BCUT2D eigenvalue weighted by Gasteiger charge is -2.38. The number of piperidine rings is 1. The van der Waals surface area contributed by atoms with Crippen molar-refractivity contribution in [2.45, 2.75) is 52.0 Å². The highest BCUT2D eigenvalue weighted by Gasteiger charge is 2.49. The van der Waals surface area contributed by atoms with Crippen LogP contribution in [0.5, 0.6) is 0 Å². The third kappa shape index (κ3) is 2.81. The second kappa shape index (κ2) is 5.43. The number of fused-ring (bicyclic) bond motifs is 1. The first-order valence-corrected chi connectivity index (χ1v) is 8.21. The van der Waals surface area contributed by atoms with E-state index in [4.69, 9.17) is 0 Å². The van der Waals surface area contributed by atoms with Crippen molar-refractivity contribution in [1.82, 2.24) is 10.2 Å². The predicted molar refractivity (Wildman–Crippen MR) is 76.8 cm³/mol. The Morgan fingerprint density at radius 3 is 2.63 bits per heavy atom. The zero-order valence-electron chi connectivity index (χ0n) is 12.4. The molecule has 1 amide bonds. The number of carbonyl (C=O) groups excluding carboxylic acids is 1. The summed E-state index contributed by atoms with van der Waals surface area (Å²) < 4.78 is 0. The smallest absolute Gasteiger partial charge is 0.225 e. The van der Waals surface area contributed by atoms with E-state index in [2.05, 4.69) is 24.1 Å². The summed E-state index contributed by atoms with van der Waals surface area (Å²) in [6.07, 6.45) is 6.10. The van der Waals surface area contributed by atoms with E-state index in [1.165, 1.54) is 25.7 Å². The summed E-state index contributed by atoms with van der Waals surface area (Å²) in [5.41, 5.74) is 0. The molecule has 4 unspecified atom stereocenters. The fourth-order valence-corrected chi connectivity index (χ4v) is 4.15. The Balaban J connectivity index is 1.49. The van der Waals surface area contributed by atoms with Crippen LogP contribution in [0.3, 0.4) is 0 Å². The minimum Gasteiger partial charge on any atom is -0.342 e. The molecule has 1 N–H and O–H groups in total. The molecule has 108 valence electrons. The lowest BCUT2D eigenvalue weighted by atomic mass is 9.92. The molecule has 3 rings (SSSR count). The molecule has 0 bridgehead atoms. The second-order valence-electron chi connectivity index (χ2n) is 7.04. The summed E-state index contributed by atoms with van der Waals surface area (Å²) in [6, 6.07) is 0.612. The molecule has 3 heteroatoms. The number of rotatable bonds is 4. The number of amides is 1. The summed E-state index contributed by atoms with van der Waals surface area (Å²) in [5.74, 6) is 3.26. The third-order valence-electron chi connectivity index (χ3n) is 5.47. The maximum absolute atomic E-state index is 12.5. The third-order valence-corrected chi connectivity index (χ3v) is 5.47. The molecule has 0 spiro atoms. The van der Waals surface area contributed by atoms with Crippen LogP contribution in [0.25, 0.3) is 0 Å². The van der Waals surface area contributed by atoms with Gasteiger partial charge < -0.3 is 10.2 Å². The van der Waals surface area contributed by atoms with E-state index < -0.39 is 0 Å². The van der Waals surface area contributed by atoms with E-state index in [1.54, 1.807) is 0 Å². The van der Waals surface area contributed by atoms with E-state index >= 15 is 0 Å². The quantitative estimate of drug-likeness (QED) is 0.845. The number of likely N-dealkylation sites (tertiary alicyclic amines) is 1. The molecule has 2 saturated carbocycles. The number of nitrogens with zero attached hydrogens (tertiary/aromatic N) is 1. The summed E-state index contributed by atoms with van der Waals surface area (Å²) in [7, 11) is 0. The molecule has 3 aliphatic rings. The Bertz CT molecular complexity index is 334. The highest BCUT2D eigenvalue weighted by molar-refractivity contribution is 5.79. The lowest BCUT2D eigenvalue weighted by Crippen LogP contribution is -2.51. The SMILES string of the molecule is CCCNC1CCN(C(=O)C2CC3CC3C2)CC1C. The van der Waals surface area contributed by atoms with Crippen LogP contribution in [0.15, 0.2) is 0 Å². The molecule has 1 heterocycles. The van der Waals surface area contributed by atoms with Gasteiger partial charge in [0.25, 0.3) is 0 Å². The van der Waals surface area contributed by atoms with Crippen LogP contribution < -0.4 is 5.32 Å². The van der Waals surface area contributed by atoms with Gasteiger partial charge in [0.05, 0.1) is 0 Å². The van der Waals surface area contributed by atoms with Crippen LogP contribution in [0.2, 0.25) is 0 Å². The topological polar surface area (TPSA) is 32.3 Å². The summed E-state index contributed by atoms with van der Waals surface area (Å²) in [6.45, 7) is 7.54. The molecule has 0 aromatic carbocycles. The Hall–Kier alpha value is -0.570. The molecule has 3 nitrogen and oxygen atoms in total. The monoisotopic (exact) mass is 264 g/mol. The van der Waals surface area contributed by atoms with E-state index in [-0.39, 0.29) is 0 Å². The van der Waals surface area contributed by atoms with Gasteiger partial charge in [-0.1, -0.05) is 13.8 Å². The fourth-order valence-electron chi connectivity index (χ4n) is 4.15. The van der Waals surface area contributed by atoms with Gasteiger partial charge in [0.15, 0.2) is 0 Å². The number of hydrogen-bond donors (Lipinski definition) is 1. The number of nitrogens with one attached hydrogen (secondary N) is 1. The highest BCUT2D eigenvalue weighted by atomic mass is 16.2. The van der Waals surface area contributed by atoms with Gasteiger partial charge in [-0.3, -0.25) is 4.79 Å². The van der Waals surface area contributed by atoms with Crippen molar-refractivity contribution in [2.75, 3.05) is 19.6 Å². The van der Waals surface area contributed by atoms with Gasteiger partial charge in [-0.15, -0.1) is 0 Å². The maximum atomic E-state index is 12.5. The van der Waals surface area contributed by atoms with E-state index in [1.807, 2.05) is 0 Å². The Morgan fingerprint density at radius 2 is 2.00 bits per heavy atom. The summed E-state index contributed by atoms with van der Waals surface area (Å²) in [4.78, 5) is 14.7. The van der Waals surface area contributed by atoms with Crippen molar-refractivity contribution in [3.63, 3.8) is 0 Å². The van der Waals surface area contributed by atoms with Crippen molar-refractivity contribution >= 4 is 5.91 Å². The molecule has 0 radical (unpaired) electrons. The van der Waals surface area contributed by atoms with E-state index in [0.717, 1.165) is 37.9 Å². The van der Waals surface area contributed by atoms with Crippen LogP contribution in [0, 0.1) is 23.7 Å². The predicted octanol–water partition coefficient (Wildman–Crippen LogP) is 2.27. The van der Waals surface area contributed by atoms with Gasteiger partial charge in [0.1, 0.15) is 0 Å². The normalized spacial score (nSPS) is 41.2. The summed E-state index contributed by atoms with van der Waals surface area (Å²) in [5, 5.41) is 3.63. The maximum Gasteiger partial charge on any atom is 0.225 e. The molecule has 0 aromatic heterocycles. The van der Waals surface area contributed by atoms with Gasteiger partial charge in [-0.2, -0.15) is 0 Å². The molecular weight excluding hydrogens is 236 g/mol. The molecule has 1 saturated heterocycles. The van der Waals surface area contributed by atoms with Crippen molar-refractivity contribution in [1.29, 1.82) is 0 Å². The van der Waals surface area contributed by atoms with Crippen LogP contribution in [0.1, 0.15) is 46.0 Å². The van der Waals surface area contributed by atoms with Crippen LogP contribution in [-0.4, -0.2) is 36.5 Å². The number of carbonyl (C=O) groups is 1. The van der Waals surface area contributed by atoms with Gasteiger partial charge in [-0.05, 0) is 56.4 Å². The first-order valence-electron chi connectivity index (χ1n) is 8.21. The van der Waals surface area contributed by atoms with Gasteiger partial charge in [-0.25, -0.2) is 0 Å². The van der Waals surface area contributed by atoms with Gasteiger partial charge >= 0.3 is 0 Å². The average Bonchev–Trinajstić information content (AvgIpc) is 3.03. The highest BCUT2D eigenvalue weighted by Crippen LogP contribution is 2.54. The fraction of sp³-hybridized carbons (Fsp3) is 0.938. The zero-order chi connectivity index (χ0) is 13.4. The summed E-state index contributed by atoms with van der Waals surface area (Å²) >= 11 is 0. The molecule has 19 heavy (non-hydrogen) atoms. The molecular formula is C16H28N2O. The van der Waals surface area contributed by atoms with Gasteiger partial charge in [0, 0.05) is 25.0 Å². The second-order valence-corrected chi connectivity index (χ2v) is 7.04. The van der Waals surface area contributed by atoms with Crippen molar-refractivity contribution < 1.29 is 4.79 Å².